The van der Waals surface area contributed by atoms with Gasteiger partial charge in [0.25, 0.3) is 0 Å². The van der Waals surface area contributed by atoms with Crippen molar-refractivity contribution >= 4 is 8.07 Å². The average molecular weight is 244 g/mol. The van der Waals surface area contributed by atoms with Crippen LogP contribution in [-0.2, 0) is 19.5 Å². The Morgan fingerprint density at radius 1 is 1.15 bits per heavy atom. The van der Waals surface area contributed by atoms with Crippen LogP contribution in [0.2, 0.25) is 19.6 Å². The van der Waals surface area contributed by atoms with Gasteiger partial charge in [0.1, 0.15) is 0 Å². The van der Waals surface area contributed by atoms with Crippen molar-refractivity contribution in [3.8, 4) is 0 Å². The molecule has 13 heavy (non-hydrogen) atoms. The molecule has 1 rings (SSSR count). The Bertz CT molecular complexity index is 195. The van der Waals surface area contributed by atoms with Gasteiger partial charge in [-0.1, -0.05) is 26.6 Å². The summed E-state index contributed by atoms with van der Waals surface area (Å²) in [4.78, 5) is 0. The molecule has 0 saturated heterocycles. The van der Waals surface area contributed by atoms with Crippen molar-refractivity contribution in [1.29, 1.82) is 0 Å². The molecule has 0 spiro atoms. The number of hydrogen-bond donors (Lipinski definition) is 0. The fourth-order valence-corrected chi connectivity index (χ4v) is 0.470. The van der Waals surface area contributed by atoms with Crippen LogP contribution in [0.25, 0.3) is 0 Å². The zero-order valence-corrected chi connectivity index (χ0v) is 13.2. The van der Waals surface area contributed by atoms with Crippen LogP contribution in [0.15, 0.2) is 24.3 Å². The van der Waals surface area contributed by atoms with E-state index in [1.54, 1.807) is 0 Å². The van der Waals surface area contributed by atoms with Crippen LogP contribution in [0.4, 0.5) is 0 Å². The number of benzene rings is 1. The molecule has 1 aromatic carbocycles. The van der Waals surface area contributed by atoms with Gasteiger partial charge in [0, 0.05) is 0 Å². The Balaban J connectivity index is 0. The second-order valence-electron chi connectivity index (χ2n) is 4.14. The Morgan fingerprint density at radius 2 is 1.46 bits per heavy atom. The predicted molar refractivity (Wildman–Crippen MR) is 58.7 cm³/mol. The van der Waals surface area contributed by atoms with Crippen LogP contribution in [0.1, 0.15) is 5.56 Å². The fourth-order valence-electron chi connectivity index (χ4n) is 0.470. The van der Waals surface area contributed by atoms with Crippen molar-refractivity contribution in [2.75, 3.05) is 0 Å². The molecular weight excluding hydrogens is 226 g/mol. The van der Waals surface area contributed by atoms with Gasteiger partial charge in [-0.05, 0) is 0 Å². The maximum Gasteiger partial charge on any atom is 2.00 e. The van der Waals surface area contributed by atoms with E-state index in [-0.39, 0.29) is 19.5 Å². The van der Waals surface area contributed by atoms with Gasteiger partial charge < -0.3 is 6.55 Å². The molecule has 0 nitrogen and oxygen atoms in total. The SMILES string of the molecule is Cc1cc[c-]cc1.[CH2-][Si](C)(C)C.[Zn+2]. The molecule has 0 atom stereocenters. The van der Waals surface area contributed by atoms with Crippen LogP contribution >= 0.6 is 0 Å². The smallest absolute Gasteiger partial charge is 0.342 e. The summed E-state index contributed by atoms with van der Waals surface area (Å²) >= 11 is 0. The minimum atomic E-state index is -0.861. The minimum Gasteiger partial charge on any atom is -0.342 e. The zero-order valence-electron chi connectivity index (χ0n) is 9.22. The van der Waals surface area contributed by atoms with Crippen LogP contribution in [0, 0.1) is 19.5 Å². The van der Waals surface area contributed by atoms with E-state index in [9.17, 15) is 0 Å². The van der Waals surface area contributed by atoms with Crippen molar-refractivity contribution in [2.45, 2.75) is 26.6 Å². The Morgan fingerprint density at radius 3 is 1.62 bits per heavy atom. The molecule has 0 fully saturated rings. The topological polar surface area (TPSA) is 0 Å². The molecule has 0 aliphatic rings. The van der Waals surface area contributed by atoms with Gasteiger partial charge in [0.2, 0.25) is 0 Å². The molecule has 0 N–H and O–H groups in total. The van der Waals surface area contributed by atoms with Crippen LogP contribution in [-0.4, -0.2) is 8.07 Å². The van der Waals surface area contributed by atoms with E-state index in [0.717, 1.165) is 0 Å². The van der Waals surface area contributed by atoms with E-state index in [1.165, 1.54) is 5.56 Å². The Labute approximate surface area is 96.5 Å². The van der Waals surface area contributed by atoms with E-state index in [4.69, 9.17) is 0 Å². The summed E-state index contributed by atoms with van der Waals surface area (Å²) in [5.41, 5.74) is 1.29. The van der Waals surface area contributed by atoms with Gasteiger partial charge in [-0.2, -0.15) is 35.9 Å². The van der Waals surface area contributed by atoms with Crippen LogP contribution in [0.3, 0.4) is 0 Å². The molecule has 0 unspecified atom stereocenters. The summed E-state index contributed by atoms with van der Waals surface area (Å²) in [6.07, 6.45) is 0. The van der Waals surface area contributed by atoms with Crippen molar-refractivity contribution in [3.05, 3.63) is 42.4 Å². The van der Waals surface area contributed by atoms with Crippen molar-refractivity contribution in [1.82, 2.24) is 0 Å². The first-order valence-electron chi connectivity index (χ1n) is 4.17. The number of rotatable bonds is 0. The third kappa shape index (κ3) is 18.8. The standard InChI is InChI=1S/C7H7.C4H11Si.Zn/c1-7-5-3-2-4-6-7;1-5(2,3)4;/h3-6H,1H3;1H2,2-4H3;/q2*-1;+2. The normalized spacial score (nSPS) is 9.31. The van der Waals surface area contributed by atoms with Gasteiger partial charge in [-0.25, -0.2) is 0 Å². The molecule has 0 heterocycles. The van der Waals surface area contributed by atoms with Crippen molar-refractivity contribution < 1.29 is 19.5 Å². The summed E-state index contributed by atoms with van der Waals surface area (Å²) in [6, 6.07) is 10.8. The van der Waals surface area contributed by atoms with E-state index >= 15 is 0 Å². The first-order chi connectivity index (χ1) is 5.39. The van der Waals surface area contributed by atoms with E-state index in [2.05, 4.69) is 39.2 Å². The largest absolute Gasteiger partial charge is 2.00 e. The van der Waals surface area contributed by atoms with Gasteiger partial charge in [-0.3, -0.25) is 0 Å². The summed E-state index contributed by atoms with van der Waals surface area (Å²) in [7, 11) is -0.861. The molecule has 0 aliphatic carbocycles. The van der Waals surface area contributed by atoms with Crippen LogP contribution in [0.5, 0.6) is 0 Å². The molecular formula is C11H18SiZn. The molecule has 0 amide bonds. The summed E-state index contributed by atoms with van der Waals surface area (Å²) in [5.74, 6) is 0. The minimum absolute atomic E-state index is 0. The summed E-state index contributed by atoms with van der Waals surface area (Å²) < 4.78 is 0. The maximum absolute atomic E-state index is 3.91. The van der Waals surface area contributed by atoms with Gasteiger partial charge >= 0.3 is 19.5 Å². The predicted octanol–water partition coefficient (Wildman–Crippen LogP) is 3.49. The molecule has 1 aromatic rings. The molecule has 0 saturated carbocycles. The molecule has 2 heteroatoms. The monoisotopic (exact) mass is 242 g/mol. The number of hydrogen-bond acceptors (Lipinski definition) is 0. The Hall–Kier alpha value is 0.0603. The van der Waals surface area contributed by atoms with Crippen molar-refractivity contribution in [2.24, 2.45) is 0 Å². The van der Waals surface area contributed by atoms with Gasteiger partial charge in [-0.15, -0.1) is 8.07 Å². The van der Waals surface area contributed by atoms with Crippen molar-refractivity contribution in [3.63, 3.8) is 0 Å². The molecule has 0 radical (unpaired) electrons. The third-order valence-corrected chi connectivity index (χ3v) is 0.885. The number of aryl methyl sites for hydroxylation is 1. The van der Waals surface area contributed by atoms with Gasteiger partial charge in [0.05, 0.1) is 0 Å². The fraction of sp³-hybridized carbons (Fsp3) is 0.364. The first kappa shape index (κ1) is 15.5. The molecule has 0 aromatic heterocycles. The quantitative estimate of drug-likeness (QED) is 0.483. The average Bonchev–Trinajstić information content (AvgIpc) is 1.85. The molecule has 0 aliphatic heterocycles. The van der Waals surface area contributed by atoms with Gasteiger partial charge in [0.15, 0.2) is 0 Å². The Kier molecular flexibility index (Phi) is 8.91. The zero-order chi connectivity index (χ0) is 9.61. The van der Waals surface area contributed by atoms with E-state index < -0.39 is 8.07 Å². The molecule has 0 bridgehead atoms. The second kappa shape index (κ2) is 7.46. The second-order valence-corrected chi connectivity index (χ2v) is 9.26. The first-order valence-corrected chi connectivity index (χ1v) is 7.88. The maximum atomic E-state index is 3.91. The third-order valence-electron chi connectivity index (χ3n) is 0.885. The van der Waals surface area contributed by atoms with E-state index in [1.807, 2.05) is 24.3 Å². The van der Waals surface area contributed by atoms with Crippen LogP contribution < -0.4 is 0 Å². The van der Waals surface area contributed by atoms with E-state index in [0.29, 0.717) is 0 Å². The summed E-state index contributed by atoms with van der Waals surface area (Å²) in [5, 5.41) is 0. The molecule has 68 valence electrons. The summed E-state index contributed by atoms with van der Waals surface area (Å²) in [6.45, 7) is 12.6.